The molecule has 73 valence electrons. The molecule has 0 amide bonds. The van der Waals surface area contributed by atoms with Crippen LogP contribution in [0, 0.1) is 0 Å². The Kier molecular flexibility index (Phi) is 3.10. The predicted octanol–water partition coefficient (Wildman–Crippen LogP) is 3.60. The lowest BCUT2D eigenvalue weighted by molar-refractivity contribution is 1.60. The maximum atomic E-state index is 4.63. The summed E-state index contributed by atoms with van der Waals surface area (Å²) in [4.78, 5) is 0. The third-order valence-corrected chi connectivity index (χ3v) is 2.27. The zero-order chi connectivity index (χ0) is 10.5. The predicted molar refractivity (Wildman–Crippen MR) is 68.1 cm³/mol. The van der Waals surface area contributed by atoms with E-state index < -0.39 is 0 Å². The molecule has 0 spiro atoms. The molecule has 1 radical (unpaired) electrons. The molecule has 1 nitrogen and oxygen atoms in total. The van der Waals surface area contributed by atoms with E-state index in [4.69, 9.17) is 0 Å². The fourth-order valence-corrected chi connectivity index (χ4v) is 1.58. The highest BCUT2D eigenvalue weighted by Gasteiger charge is 1.96. The summed E-state index contributed by atoms with van der Waals surface area (Å²) >= 11 is 4.63. The van der Waals surface area contributed by atoms with Gasteiger partial charge in [-0.15, -0.1) is 0 Å². The van der Waals surface area contributed by atoms with Gasteiger partial charge in [0, 0.05) is 5.69 Å². The van der Waals surface area contributed by atoms with Crippen LogP contribution in [-0.4, -0.2) is 5.49 Å². The van der Waals surface area contributed by atoms with Crippen LogP contribution in [0.5, 0.6) is 0 Å². The van der Waals surface area contributed by atoms with E-state index in [1.165, 1.54) is 11.1 Å². The summed E-state index contributed by atoms with van der Waals surface area (Å²) in [6.45, 7) is 0. The lowest BCUT2D eigenvalue weighted by Gasteiger charge is -2.04. The van der Waals surface area contributed by atoms with Gasteiger partial charge in [0.15, 0.2) is 0 Å². The molecule has 0 unspecified atom stereocenters. The summed E-state index contributed by atoms with van der Waals surface area (Å²) in [5.41, 5.74) is 5.83. The Bertz CT molecular complexity index is 451. The molecular formula is C13H10NS. The number of hydrogen-bond acceptors (Lipinski definition) is 1. The molecule has 2 aromatic rings. The average Bonchev–Trinajstić information content (AvgIpc) is 2.31. The van der Waals surface area contributed by atoms with Crippen LogP contribution < -0.4 is 5.32 Å². The van der Waals surface area contributed by atoms with Gasteiger partial charge >= 0.3 is 0 Å². The second-order valence-electron chi connectivity index (χ2n) is 3.17. The third-order valence-electron chi connectivity index (χ3n) is 2.17. The first-order valence-corrected chi connectivity index (χ1v) is 5.09. The monoisotopic (exact) mass is 212 g/mol. The zero-order valence-corrected chi connectivity index (χ0v) is 8.92. The second kappa shape index (κ2) is 4.71. The van der Waals surface area contributed by atoms with E-state index in [9.17, 15) is 0 Å². The second-order valence-corrected chi connectivity index (χ2v) is 3.38. The Labute approximate surface area is 94.8 Å². The largest absolute Gasteiger partial charge is 0.344 e. The SMILES string of the molecule is S=[C]Nc1cccc(-c2ccccc2)c1. The van der Waals surface area contributed by atoms with E-state index in [2.05, 4.69) is 47.3 Å². The van der Waals surface area contributed by atoms with Gasteiger partial charge in [-0.1, -0.05) is 54.7 Å². The highest BCUT2D eigenvalue weighted by Crippen LogP contribution is 2.21. The molecule has 2 rings (SSSR count). The van der Waals surface area contributed by atoms with Crippen LogP contribution >= 0.6 is 12.2 Å². The Hall–Kier alpha value is -1.67. The Morgan fingerprint density at radius 3 is 2.33 bits per heavy atom. The lowest BCUT2D eigenvalue weighted by Crippen LogP contribution is -1.91. The fraction of sp³-hybridized carbons (Fsp3) is 0. The van der Waals surface area contributed by atoms with Crippen molar-refractivity contribution in [3.63, 3.8) is 0 Å². The molecule has 2 heteroatoms. The van der Waals surface area contributed by atoms with E-state index in [-0.39, 0.29) is 0 Å². The molecule has 0 aliphatic heterocycles. The number of hydrogen-bond donors (Lipinski definition) is 1. The normalized spacial score (nSPS) is 9.60. The first kappa shape index (κ1) is 9.87. The summed E-state index contributed by atoms with van der Waals surface area (Å²) in [6.07, 6.45) is 0. The van der Waals surface area contributed by atoms with Crippen LogP contribution in [0.1, 0.15) is 0 Å². The minimum atomic E-state index is 0.964. The van der Waals surface area contributed by atoms with Crippen molar-refractivity contribution in [2.45, 2.75) is 0 Å². The molecule has 0 aliphatic carbocycles. The molecule has 0 saturated heterocycles. The molecule has 0 heterocycles. The summed E-state index contributed by atoms with van der Waals surface area (Å²) in [7, 11) is 0. The molecule has 0 atom stereocenters. The molecule has 15 heavy (non-hydrogen) atoms. The first-order chi connectivity index (χ1) is 7.40. The van der Waals surface area contributed by atoms with Crippen LogP contribution in [-0.2, 0) is 0 Å². The summed E-state index contributed by atoms with van der Waals surface area (Å²) < 4.78 is 0. The van der Waals surface area contributed by atoms with Gasteiger partial charge in [0.1, 0.15) is 5.49 Å². The molecule has 0 aromatic heterocycles. The average molecular weight is 212 g/mol. The van der Waals surface area contributed by atoms with Gasteiger partial charge in [0.2, 0.25) is 0 Å². The Morgan fingerprint density at radius 1 is 0.867 bits per heavy atom. The smallest absolute Gasteiger partial charge is 0.138 e. The molecule has 0 aliphatic rings. The van der Waals surface area contributed by atoms with Crippen LogP contribution in [0.4, 0.5) is 5.69 Å². The van der Waals surface area contributed by atoms with Gasteiger partial charge in [-0.2, -0.15) is 0 Å². The van der Waals surface area contributed by atoms with Crippen molar-refractivity contribution in [1.82, 2.24) is 0 Å². The van der Waals surface area contributed by atoms with Crippen LogP contribution in [0.15, 0.2) is 54.6 Å². The van der Waals surface area contributed by atoms with E-state index in [1.54, 1.807) is 0 Å². The van der Waals surface area contributed by atoms with Gasteiger partial charge < -0.3 is 5.32 Å². The number of nitrogens with one attached hydrogen (secondary N) is 1. The summed E-state index contributed by atoms with van der Waals surface area (Å²) in [6, 6.07) is 18.3. The van der Waals surface area contributed by atoms with Crippen molar-refractivity contribution in [3.05, 3.63) is 54.6 Å². The quantitative estimate of drug-likeness (QED) is 0.616. The number of rotatable bonds is 3. The lowest BCUT2D eigenvalue weighted by atomic mass is 10.1. The van der Waals surface area contributed by atoms with Gasteiger partial charge in [0.25, 0.3) is 0 Å². The van der Waals surface area contributed by atoms with Crippen LogP contribution in [0.25, 0.3) is 11.1 Å². The number of thiocarbonyl (C=S) groups is 1. The topological polar surface area (TPSA) is 12.0 Å². The Morgan fingerprint density at radius 2 is 1.60 bits per heavy atom. The highest BCUT2D eigenvalue weighted by atomic mass is 32.1. The number of benzene rings is 2. The standard InChI is InChI=1S/C13H10NS/c15-10-14-13-8-4-7-12(9-13)11-5-2-1-3-6-11/h1-9H,(H,14,15). The molecule has 0 fully saturated rings. The Balaban J connectivity index is 2.37. The first-order valence-electron chi connectivity index (χ1n) is 4.69. The zero-order valence-electron chi connectivity index (χ0n) is 8.10. The molecule has 1 N–H and O–H groups in total. The molecule has 0 saturated carbocycles. The molecule has 2 aromatic carbocycles. The summed E-state index contributed by atoms with van der Waals surface area (Å²) in [5, 5.41) is 2.88. The molecular weight excluding hydrogens is 202 g/mol. The maximum Gasteiger partial charge on any atom is 0.138 e. The van der Waals surface area contributed by atoms with Crippen LogP contribution in [0.2, 0.25) is 0 Å². The van der Waals surface area contributed by atoms with Crippen molar-refractivity contribution in [2.24, 2.45) is 0 Å². The van der Waals surface area contributed by atoms with Crippen LogP contribution in [0.3, 0.4) is 0 Å². The minimum Gasteiger partial charge on any atom is -0.344 e. The van der Waals surface area contributed by atoms with E-state index in [0.29, 0.717) is 0 Å². The number of anilines is 1. The maximum absolute atomic E-state index is 4.63. The minimum absolute atomic E-state index is 0.964. The van der Waals surface area contributed by atoms with E-state index >= 15 is 0 Å². The van der Waals surface area contributed by atoms with Crippen molar-refractivity contribution in [1.29, 1.82) is 0 Å². The fourth-order valence-electron chi connectivity index (χ4n) is 1.47. The van der Waals surface area contributed by atoms with Crippen molar-refractivity contribution >= 4 is 23.4 Å². The van der Waals surface area contributed by atoms with Crippen molar-refractivity contribution in [3.8, 4) is 11.1 Å². The van der Waals surface area contributed by atoms with Gasteiger partial charge in [0.05, 0.1) is 0 Å². The summed E-state index contributed by atoms with van der Waals surface area (Å²) in [5.74, 6) is 0. The van der Waals surface area contributed by atoms with E-state index in [1.807, 2.05) is 30.3 Å². The van der Waals surface area contributed by atoms with Crippen molar-refractivity contribution < 1.29 is 0 Å². The van der Waals surface area contributed by atoms with E-state index in [0.717, 1.165) is 5.69 Å². The van der Waals surface area contributed by atoms with Gasteiger partial charge in [-0.05, 0) is 23.3 Å². The van der Waals surface area contributed by atoms with Gasteiger partial charge in [-0.3, -0.25) is 0 Å². The molecule has 0 bridgehead atoms. The van der Waals surface area contributed by atoms with Gasteiger partial charge in [-0.25, -0.2) is 0 Å². The third kappa shape index (κ3) is 2.42. The van der Waals surface area contributed by atoms with Crippen molar-refractivity contribution in [2.75, 3.05) is 5.32 Å². The highest BCUT2D eigenvalue weighted by molar-refractivity contribution is 7.79.